The summed E-state index contributed by atoms with van der Waals surface area (Å²) in [6.45, 7) is 1.48. The summed E-state index contributed by atoms with van der Waals surface area (Å²) >= 11 is 0. The molecule has 32 heavy (non-hydrogen) atoms. The van der Waals surface area contributed by atoms with E-state index in [-0.39, 0.29) is 5.92 Å². The van der Waals surface area contributed by atoms with Crippen molar-refractivity contribution in [3.05, 3.63) is 53.6 Å². The maximum Gasteiger partial charge on any atom is 0.209 e. The number of aliphatic hydroxyl groups excluding tert-OH is 2. The molecule has 0 amide bonds. The Morgan fingerprint density at radius 2 is 1.91 bits per heavy atom. The predicted octanol–water partition coefficient (Wildman–Crippen LogP) is 1.67. The fraction of sp³-hybridized carbons (Fsp3) is 0.500. The minimum atomic E-state index is -3.40. The van der Waals surface area contributed by atoms with Crippen LogP contribution in [-0.4, -0.2) is 62.8 Å². The number of nitrogens with one attached hydrogen (secondary N) is 2. The van der Waals surface area contributed by atoms with Gasteiger partial charge in [0.1, 0.15) is 12.4 Å². The molecule has 3 unspecified atom stereocenters. The van der Waals surface area contributed by atoms with E-state index in [1.807, 2.05) is 6.07 Å². The van der Waals surface area contributed by atoms with Gasteiger partial charge in [-0.15, -0.1) is 0 Å². The van der Waals surface area contributed by atoms with Gasteiger partial charge in [0.25, 0.3) is 0 Å². The molecule has 1 fully saturated rings. The van der Waals surface area contributed by atoms with E-state index in [9.17, 15) is 18.6 Å². The zero-order valence-corrected chi connectivity index (χ0v) is 19.1. The standard InChI is InChI=1S/C24H32N2O5S/c1-32(29,30)26-22-14-17(6-9-23(22)27)24(28)15-25-10-11-31-19-7-8-21-18(13-19)12-16-4-2-3-5-20(16)21/h2-5,7-8,13,17,22-28H,6,9-12,14-15H2,1H3/t17?,22?,23?,24-/m0/s1. The molecule has 0 spiro atoms. The summed E-state index contributed by atoms with van der Waals surface area (Å²) in [6, 6.07) is 14.1. The van der Waals surface area contributed by atoms with E-state index in [0.717, 1.165) is 18.4 Å². The molecule has 0 radical (unpaired) electrons. The van der Waals surface area contributed by atoms with Crippen LogP contribution in [0.25, 0.3) is 11.1 Å². The molecule has 4 rings (SSSR count). The van der Waals surface area contributed by atoms with Gasteiger partial charge in [-0.1, -0.05) is 30.3 Å². The molecule has 4 N–H and O–H groups in total. The van der Waals surface area contributed by atoms with Crippen molar-refractivity contribution in [3.8, 4) is 16.9 Å². The molecule has 4 atom stereocenters. The van der Waals surface area contributed by atoms with Crippen LogP contribution in [0, 0.1) is 5.92 Å². The third kappa shape index (κ3) is 5.68. The fourth-order valence-electron chi connectivity index (χ4n) is 4.81. The molecule has 8 heteroatoms. The number of aliphatic hydroxyl groups is 2. The van der Waals surface area contributed by atoms with E-state index in [0.29, 0.717) is 39.0 Å². The molecule has 0 saturated heterocycles. The zero-order valence-electron chi connectivity index (χ0n) is 18.3. The first-order valence-electron chi connectivity index (χ1n) is 11.2. The van der Waals surface area contributed by atoms with Crippen molar-refractivity contribution in [2.24, 2.45) is 5.92 Å². The monoisotopic (exact) mass is 460 g/mol. The molecule has 7 nitrogen and oxygen atoms in total. The molecule has 174 valence electrons. The first-order valence-corrected chi connectivity index (χ1v) is 13.1. The first-order chi connectivity index (χ1) is 15.3. The smallest absolute Gasteiger partial charge is 0.209 e. The highest BCUT2D eigenvalue weighted by atomic mass is 32.2. The van der Waals surface area contributed by atoms with Crippen LogP contribution in [0.4, 0.5) is 0 Å². The average molecular weight is 461 g/mol. The number of hydrogen-bond acceptors (Lipinski definition) is 6. The summed E-state index contributed by atoms with van der Waals surface area (Å²) in [5, 5.41) is 23.8. The molecular formula is C24H32N2O5S. The Labute approximate surface area is 189 Å². The van der Waals surface area contributed by atoms with Crippen molar-refractivity contribution in [2.75, 3.05) is 26.0 Å². The Kier molecular flexibility index (Phi) is 7.17. The summed E-state index contributed by atoms with van der Waals surface area (Å²) in [7, 11) is -3.40. The fourth-order valence-corrected chi connectivity index (χ4v) is 5.61. The average Bonchev–Trinajstić information content (AvgIpc) is 3.11. The van der Waals surface area contributed by atoms with Crippen LogP contribution in [-0.2, 0) is 16.4 Å². The quantitative estimate of drug-likeness (QED) is 0.362. The Morgan fingerprint density at radius 1 is 1.12 bits per heavy atom. The second kappa shape index (κ2) is 9.89. The van der Waals surface area contributed by atoms with Gasteiger partial charge in [-0.2, -0.15) is 0 Å². The van der Waals surface area contributed by atoms with Gasteiger partial charge in [-0.3, -0.25) is 0 Å². The summed E-state index contributed by atoms with van der Waals surface area (Å²) in [5.74, 6) is 0.777. The topological polar surface area (TPSA) is 108 Å². The van der Waals surface area contributed by atoms with Crippen LogP contribution in [0.2, 0.25) is 0 Å². The molecule has 0 aromatic heterocycles. The molecular weight excluding hydrogens is 428 g/mol. The van der Waals surface area contributed by atoms with Gasteiger partial charge < -0.3 is 20.3 Å². The summed E-state index contributed by atoms with van der Waals surface area (Å²) < 4.78 is 31.4. The van der Waals surface area contributed by atoms with Crippen LogP contribution in [0.1, 0.15) is 30.4 Å². The molecule has 2 aromatic rings. The minimum absolute atomic E-state index is 0.0654. The number of ether oxygens (including phenoxy) is 1. The summed E-state index contributed by atoms with van der Waals surface area (Å²) in [4.78, 5) is 0. The zero-order chi connectivity index (χ0) is 22.7. The Balaban J connectivity index is 1.19. The van der Waals surface area contributed by atoms with Crippen molar-refractivity contribution >= 4 is 10.0 Å². The maximum atomic E-state index is 11.5. The predicted molar refractivity (Wildman–Crippen MR) is 124 cm³/mol. The van der Waals surface area contributed by atoms with Crippen LogP contribution in [0.5, 0.6) is 5.75 Å². The molecule has 2 aliphatic rings. The Bertz CT molecular complexity index is 1040. The second-order valence-corrected chi connectivity index (χ2v) is 10.7. The van der Waals surface area contributed by atoms with Gasteiger partial charge in [0, 0.05) is 19.1 Å². The molecule has 1 saturated carbocycles. The number of benzene rings is 2. The molecule has 0 bridgehead atoms. The lowest BCUT2D eigenvalue weighted by atomic mass is 9.81. The Morgan fingerprint density at radius 3 is 2.72 bits per heavy atom. The molecule has 2 aromatic carbocycles. The van der Waals surface area contributed by atoms with Crippen LogP contribution < -0.4 is 14.8 Å². The Hall–Kier alpha value is -1.97. The van der Waals surface area contributed by atoms with Gasteiger partial charge in [0.15, 0.2) is 0 Å². The van der Waals surface area contributed by atoms with E-state index in [1.165, 1.54) is 22.3 Å². The van der Waals surface area contributed by atoms with Gasteiger partial charge >= 0.3 is 0 Å². The highest BCUT2D eigenvalue weighted by Gasteiger charge is 2.34. The van der Waals surface area contributed by atoms with E-state index in [2.05, 4.69) is 46.4 Å². The second-order valence-electron chi connectivity index (χ2n) is 8.91. The lowest BCUT2D eigenvalue weighted by molar-refractivity contribution is 0.0253. The molecule has 0 heterocycles. The van der Waals surface area contributed by atoms with Crippen molar-refractivity contribution in [2.45, 2.75) is 43.9 Å². The van der Waals surface area contributed by atoms with Gasteiger partial charge in [-0.25, -0.2) is 13.1 Å². The number of sulfonamides is 1. The van der Waals surface area contributed by atoms with E-state index < -0.39 is 28.3 Å². The largest absolute Gasteiger partial charge is 0.492 e. The van der Waals surface area contributed by atoms with E-state index in [1.54, 1.807) is 0 Å². The lowest BCUT2D eigenvalue weighted by Crippen LogP contribution is -2.49. The van der Waals surface area contributed by atoms with Gasteiger partial charge in [0.2, 0.25) is 10.0 Å². The highest BCUT2D eigenvalue weighted by molar-refractivity contribution is 7.88. The van der Waals surface area contributed by atoms with E-state index in [4.69, 9.17) is 4.74 Å². The van der Waals surface area contributed by atoms with Crippen molar-refractivity contribution in [3.63, 3.8) is 0 Å². The maximum absolute atomic E-state index is 11.5. The van der Waals surface area contributed by atoms with Crippen molar-refractivity contribution in [1.29, 1.82) is 0 Å². The van der Waals surface area contributed by atoms with E-state index >= 15 is 0 Å². The summed E-state index contributed by atoms with van der Waals surface area (Å²) in [5.41, 5.74) is 5.20. The minimum Gasteiger partial charge on any atom is -0.492 e. The summed E-state index contributed by atoms with van der Waals surface area (Å²) in [6.07, 6.45) is 2.25. The lowest BCUT2D eigenvalue weighted by Gasteiger charge is -2.35. The first kappa shape index (κ1) is 23.2. The molecule has 2 aliphatic carbocycles. The van der Waals surface area contributed by atoms with Crippen molar-refractivity contribution in [1.82, 2.24) is 10.0 Å². The third-order valence-corrected chi connectivity index (χ3v) is 7.16. The normalized spacial score (nSPS) is 23.4. The van der Waals surface area contributed by atoms with Crippen LogP contribution in [0.15, 0.2) is 42.5 Å². The number of rotatable bonds is 9. The van der Waals surface area contributed by atoms with Crippen LogP contribution in [0.3, 0.4) is 0 Å². The third-order valence-electron chi connectivity index (χ3n) is 6.43. The van der Waals surface area contributed by atoms with Crippen molar-refractivity contribution < 1.29 is 23.4 Å². The van der Waals surface area contributed by atoms with Crippen LogP contribution >= 0.6 is 0 Å². The molecule has 0 aliphatic heterocycles. The number of fused-ring (bicyclic) bond motifs is 3. The van der Waals surface area contributed by atoms with Gasteiger partial charge in [-0.05, 0) is 66.0 Å². The highest BCUT2D eigenvalue weighted by Crippen LogP contribution is 2.38. The van der Waals surface area contributed by atoms with Gasteiger partial charge in [0.05, 0.1) is 18.5 Å². The number of hydrogen-bond donors (Lipinski definition) is 4. The SMILES string of the molecule is CS(=O)(=O)NC1CC([C@@H](O)CNCCOc2ccc3c(c2)Cc2ccccc2-3)CCC1O.